The van der Waals surface area contributed by atoms with E-state index in [0.717, 1.165) is 28.2 Å². The number of morpholine rings is 1. The maximum absolute atomic E-state index is 12.8. The summed E-state index contributed by atoms with van der Waals surface area (Å²) >= 11 is 0. The van der Waals surface area contributed by atoms with Crippen LogP contribution in [0.15, 0.2) is 24.3 Å². The molecule has 1 N–H and O–H groups in total. The number of nitrogens with one attached hydrogen (secondary N) is 1. The Morgan fingerprint density at radius 1 is 1.33 bits per heavy atom. The zero-order valence-corrected chi connectivity index (χ0v) is 14.7. The summed E-state index contributed by atoms with van der Waals surface area (Å²) in [7, 11) is 1.92. The van der Waals surface area contributed by atoms with Crippen LogP contribution in [0.25, 0.3) is 0 Å². The maximum atomic E-state index is 12.8. The number of aryl methyl sites for hydroxylation is 3. The Morgan fingerprint density at radius 2 is 2.12 bits per heavy atom. The fourth-order valence-electron chi connectivity index (χ4n) is 3.28. The molecule has 2 amide bonds. The first kappa shape index (κ1) is 16.5. The molecule has 1 aliphatic heterocycles. The smallest absolute Gasteiger partial charge is 0.322 e. The summed E-state index contributed by atoms with van der Waals surface area (Å²) in [4.78, 5) is 14.7. The van der Waals surface area contributed by atoms with Crippen molar-refractivity contribution in [3.8, 4) is 0 Å². The molecule has 2 aromatic rings. The minimum absolute atomic E-state index is 0.100. The van der Waals surface area contributed by atoms with Gasteiger partial charge in [-0.3, -0.25) is 4.68 Å². The van der Waals surface area contributed by atoms with Crippen molar-refractivity contribution in [1.82, 2.24) is 14.7 Å². The van der Waals surface area contributed by atoms with Gasteiger partial charge in [-0.2, -0.15) is 5.10 Å². The number of hydrogen-bond acceptors (Lipinski definition) is 3. The van der Waals surface area contributed by atoms with Gasteiger partial charge in [-0.15, -0.1) is 0 Å². The summed E-state index contributed by atoms with van der Waals surface area (Å²) in [5, 5.41) is 7.48. The van der Waals surface area contributed by atoms with E-state index >= 15 is 0 Å². The first-order valence-corrected chi connectivity index (χ1v) is 8.19. The lowest BCUT2D eigenvalue weighted by Crippen LogP contribution is -2.45. The summed E-state index contributed by atoms with van der Waals surface area (Å²) < 4.78 is 7.50. The molecule has 0 saturated carbocycles. The Morgan fingerprint density at radius 3 is 2.79 bits per heavy atom. The van der Waals surface area contributed by atoms with Crippen LogP contribution in [-0.4, -0.2) is 40.5 Å². The monoisotopic (exact) mass is 328 g/mol. The second-order valence-corrected chi connectivity index (χ2v) is 6.29. The minimum Gasteiger partial charge on any atom is -0.377 e. The van der Waals surface area contributed by atoms with Crippen LogP contribution in [0, 0.1) is 20.8 Å². The van der Waals surface area contributed by atoms with E-state index in [2.05, 4.69) is 10.4 Å². The highest BCUT2D eigenvalue weighted by atomic mass is 16.5. The van der Waals surface area contributed by atoms with E-state index in [0.29, 0.717) is 19.8 Å². The van der Waals surface area contributed by atoms with E-state index in [9.17, 15) is 4.79 Å². The van der Waals surface area contributed by atoms with Crippen LogP contribution in [0.4, 0.5) is 10.5 Å². The first-order valence-electron chi connectivity index (χ1n) is 8.19. The molecule has 6 nitrogen and oxygen atoms in total. The summed E-state index contributed by atoms with van der Waals surface area (Å²) in [6.45, 7) is 7.63. The lowest BCUT2D eigenvalue weighted by Gasteiger charge is -2.36. The van der Waals surface area contributed by atoms with Gasteiger partial charge in [-0.25, -0.2) is 4.79 Å². The number of amides is 2. The maximum Gasteiger partial charge on any atom is 0.322 e. The molecule has 3 rings (SSSR count). The topological polar surface area (TPSA) is 59.4 Å². The van der Waals surface area contributed by atoms with Crippen LogP contribution in [-0.2, 0) is 11.8 Å². The van der Waals surface area contributed by atoms with Crippen molar-refractivity contribution < 1.29 is 9.53 Å². The third kappa shape index (κ3) is 3.14. The van der Waals surface area contributed by atoms with Gasteiger partial charge < -0.3 is 15.0 Å². The number of aromatic nitrogens is 2. The molecular formula is C18H24N4O2. The minimum atomic E-state index is -0.114. The lowest BCUT2D eigenvalue weighted by atomic mass is 10.0. The molecule has 2 heterocycles. The fourth-order valence-corrected chi connectivity index (χ4v) is 3.28. The SMILES string of the molecule is Cc1cccc(NC(=O)N2CCOCC2c2c(C)nn(C)c2C)c1. The number of ether oxygens (including phenoxy) is 1. The van der Waals surface area contributed by atoms with Crippen LogP contribution < -0.4 is 5.32 Å². The molecule has 1 aromatic carbocycles. The summed E-state index contributed by atoms with van der Waals surface area (Å²) in [5.41, 5.74) is 5.02. The van der Waals surface area contributed by atoms with Crippen molar-refractivity contribution in [2.24, 2.45) is 7.05 Å². The van der Waals surface area contributed by atoms with Gasteiger partial charge in [0, 0.05) is 30.5 Å². The Kier molecular flexibility index (Phi) is 4.57. The number of benzene rings is 1. The molecular weight excluding hydrogens is 304 g/mol. The number of carbonyl (C=O) groups is 1. The third-order valence-corrected chi connectivity index (χ3v) is 4.56. The van der Waals surface area contributed by atoms with Gasteiger partial charge in [0.25, 0.3) is 0 Å². The summed E-state index contributed by atoms with van der Waals surface area (Å²) in [6.07, 6.45) is 0. The second kappa shape index (κ2) is 6.65. The van der Waals surface area contributed by atoms with Crippen molar-refractivity contribution in [3.05, 3.63) is 46.8 Å². The standard InChI is InChI=1S/C18H24N4O2/c1-12-6-5-7-15(10-12)19-18(23)22-8-9-24-11-16(22)17-13(2)20-21(4)14(17)3/h5-7,10,16H,8-9,11H2,1-4H3,(H,19,23). The highest BCUT2D eigenvalue weighted by molar-refractivity contribution is 5.89. The van der Waals surface area contributed by atoms with E-state index in [1.165, 1.54) is 0 Å². The largest absolute Gasteiger partial charge is 0.377 e. The Hall–Kier alpha value is -2.34. The second-order valence-electron chi connectivity index (χ2n) is 6.29. The highest BCUT2D eigenvalue weighted by Gasteiger charge is 2.32. The van der Waals surface area contributed by atoms with Crippen molar-refractivity contribution >= 4 is 11.7 Å². The van der Waals surface area contributed by atoms with Crippen LogP contribution in [0.1, 0.15) is 28.6 Å². The van der Waals surface area contributed by atoms with Crippen molar-refractivity contribution in [1.29, 1.82) is 0 Å². The lowest BCUT2D eigenvalue weighted by molar-refractivity contribution is 0.0143. The quantitative estimate of drug-likeness (QED) is 0.922. The average molecular weight is 328 g/mol. The van der Waals surface area contributed by atoms with Crippen molar-refractivity contribution in [2.45, 2.75) is 26.8 Å². The predicted octanol–water partition coefficient (Wildman–Crippen LogP) is 2.95. The molecule has 6 heteroatoms. The van der Waals surface area contributed by atoms with E-state index in [4.69, 9.17) is 4.74 Å². The number of hydrogen-bond donors (Lipinski definition) is 1. The average Bonchev–Trinajstić information content (AvgIpc) is 2.80. The van der Waals surface area contributed by atoms with Crippen LogP contribution in [0.2, 0.25) is 0 Å². The zero-order chi connectivity index (χ0) is 17.3. The number of nitrogens with zero attached hydrogens (tertiary/aromatic N) is 3. The van der Waals surface area contributed by atoms with Gasteiger partial charge >= 0.3 is 6.03 Å². The van der Waals surface area contributed by atoms with Crippen molar-refractivity contribution in [3.63, 3.8) is 0 Å². The van der Waals surface area contributed by atoms with Gasteiger partial charge in [0.1, 0.15) is 0 Å². The molecule has 1 unspecified atom stereocenters. The molecule has 1 aromatic heterocycles. The molecule has 24 heavy (non-hydrogen) atoms. The predicted molar refractivity (Wildman–Crippen MR) is 93.1 cm³/mol. The number of anilines is 1. The first-order chi connectivity index (χ1) is 11.5. The molecule has 1 saturated heterocycles. The van der Waals surface area contributed by atoms with Crippen LogP contribution in [0.5, 0.6) is 0 Å². The molecule has 0 radical (unpaired) electrons. The summed E-state index contributed by atoms with van der Waals surface area (Å²) in [6, 6.07) is 7.61. The van der Waals surface area contributed by atoms with E-state index in [1.54, 1.807) is 0 Å². The van der Waals surface area contributed by atoms with Gasteiger partial charge in [-0.05, 0) is 38.5 Å². The molecule has 0 bridgehead atoms. The van der Waals surface area contributed by atoms with Gasteiger partial charge in [0.05, 0.1) is 24.9 Å². The molecule has 128 valence electrons. The normalized spacial score (nSPS) is 17.8. The summed E-state index contributed by atoms with van der Waals surface area (Å²) in [5.74, 6) is 0. The number of rotatable bonds is 2. The van der Waals surface area contributed by atoms with Gasteiger partial charge in [0.2, 0.25) is 0 Å². The third-order valence-electron chi connectivity index (χ3n) is 4.56. The molecule has 1 fully saturated rings. The number of urea groups is 1. The van der Waals surface area contributed by atoms with Crippen LogP contribution in [0.3, 0.4) is 0 Å². The van der Waals surface area contributed by atoms with Crippen molar-refractivity contribution in [2.75, 3.05) is 25.1 Å². The fraction of sp³-hybridized carbons (Fsp3) is 0.444. The van der Waals surface area contributed by atoms with Gasteiger partial charge in [-0.1, -0.05) is 12.1 Å². The molecule has 1 aliphatic rings. The van der Waals surface area contributed by atoms with E-state index in [1.807, 2.05) is 61.7 Å². The Balaban J connectivity index is 1.85. The van der Waals surface area contributed by atoms with E-state index in [-0.39, 0.29) is 12.1 Å². The Bertz CT molecular complexity index is 753. The molecule has 0 spiro atoms. The van der Waals surface area contributed by atoms with E-state index < -0.39 is 0 Å². The molecule has 0 aliphatic carbocycles. The zero-order valence-electron chi connectivity index (χ0n) is 14.7. The van der Waals surface area contributed by atoms with Gasteiger partial charge in [0.15, 0.2) is 0 Å². The highest BCUT2D eigenvalue weighted by Crippen LogP contribution is 2.29. The Labute approximate surface area is 142 Å². The molecule has 1 atom stereocenters. The number of carbonyl (C=O) groups excluding carboxylic acids is 1. The van der Waals surface area contributed by atoms with Crippen LogP contribution >= 0.6 is 0 Å².